The molecule has 0 aliphatic heterocycles. The molecule has 0 aromatic heterocycles. The molecule has 90 valence electrons. The van der Waals surface area contributed by atoms with Gasteiger partial charge in [-0.15, -0.1) is 0 Å². The molecule has 0 aromatic carbocycles. The van der Waals surface area contributed by atoms with Crippen LogP contribution in [0.4, 0.5) is 0 Å². The van der Waals surface area contributed by atoms with E-state index in [1.807, 2.05) is 0 Å². The maximum absolute atomic E-state index is 11.1. The van der Waals surface area contributed by atoms with E-state index >= 15 is 0 Å². The average Bonchev–Trinajstić information content (AvgIpc) is 2.15. The van der Waals surface area contributed by atoms with E-state index in [9.17, 15) is 4.79 Å². The van der Waals surface area contributed by atoms with Gasteiger partial charge in [0.25, 0.3) is 0 Å². The first-order valence-electron chi connectivity index (χ1n) is 6.35. The highest BCUT2D eigenvalue weighted by molar-refractivity contribution is 5.87. The molecule has 0 bridgehead atoms. The molecule has 0 radical (unpaired) electrons. The molecule has 0 heterocycles. The predicted octanol–water partition coefficient (Wildman–Crippen LogP) is 4.29. The van der Waals surface area contributed by atoms with E-state index in [0.717, 1.165) is 6.42 Å². The third-order valence-corrected chi connectivity index (χ3v) is 3.50. The monoisotopic (exact) mass is 220 g/mol. The number of hydrogen-bond acceptors (Lipinski definition) is 1. The zero-order valence-electron chi connectivity index (χ0n) is 11.0. The van der Waals surface area contributed by atoms with Crippen molar-refractivity contribution in [3.05, 3.63) is 23.8 Å². The lowest BCUT2D eigenvalue weighted by Crippen LogP contribution is -2.27. The Bertz CT molecular complexity index is 307. The van der Waals surface area contributed by atoms with Crippen LogP contribution in [0.5, 0.6) is 0 Å². The van der Waals surface area contributed by atoms with Crippen molar-refractivity contribution < 1.29 is 4.79 Å². The first kappa shape index (κ1) is 13.2. The Kier molecular flexibility index (Phi) is 4.52. The van der Waals surface area contributed by atoms with Gasteiger partial charge in [-0.1, -0.05) is 44.9 Å². The largest absolute Gasteiger partial charge is 0.295 e. The van der Waals surface area contributed by atoms with Gasteiger partial charge in [-0.3, -0.25) is 4.79 Å². The second-order valence-electron chi connectivity index (χ2n) is 5.50. The standard InChI is InChI=1S/C15H24O/c1-5-7-13-8-6-11-15(3,4)14(13)10-9-12(2)16/h8-10,14H,5-7,11H2,1-4H3/b10-9+/t14-/m1/s1. The fourth-order valence-electron chi connectivity index (χ4n) is 2.58. The Morgan fingerprint density at radius 3 is 2.81 bits per heavy atom. The molecular weight excluding hydrogens is 196 g/mol. The molecule has 0 amide bonds. The van der Waals surface area contributed by atoms with E-state index < -0.39 is 0 Å². The minimum absolute atomic E-state index is 0.150. The maximum atomic E-state index is 11.1. The number of allylic oxidation sites excluding steroid dienone is 4. The van der Waals surface area contributed by atoms with Crippen LogP contribution in [0.15, 0.2) is 23.8 Å². The molecule has 16 heavy (non-hydrogen) atoms. The number of rotatable bonds is 4. The average molecular weight is 220 g/mol. The van der Waals surface area contributed by atoms with E-state index in [-0.39, 0.29) is 5.78 Å². The lowest BCUT2D eigenvalue weighted by Gasteiger charge is -2.38. The van der Waals surface area contributed by atoms with Crippen molar-refractivity contribution in [3.8, 4) is 0 Å². The van der Waals surface area contributed by atoms with E-state index in [1.54, 1.807) is 13.0 Å². The summed E-state index contributed by atoms with van der Waals surface area (Å²) in [4.78, 5) is 11.1. The summed E-state index contributed by atoms with van der Waals surface area (Å²) in [5.74, 6) is 0.599. The highest BCUT2D eigenvalue weighted by atomic mass is 16.1. The van der Waals surface area contributed by atoms with E-state index in [2.05, 4.69) is 32.9 Å². The topological polar surface area (TPSA) is 17.1 Å². The summed E-state index contributed by atoms with van der Waals surface area (Å²) in [6, 6.07) is 0. The molecule has 1 rings (SSSR count). The first-order chi connectivity index (χ1) is 7.47. The van der Waals surface area contributed by atoms with Crippen LogP contribution in [0, 0.1) is 11.3 Å². The minimum Gasteiger partial charge on any atom is -0.295 e. The summed E-state index contributed by atoms with van der Waals surface area (Å²) in [7, 11) is 0. The fourth-order valence-corrected chi connectivity index (χ4v) is 2.58. The highest BCUT2D eigenvalue weighted by Crippen LogP contribution is 2.43. The van der Waals surface area contributed by atoms with Crippen LogP contribution >= 0.6 is 0 Å². The molecule has 1 nitrogen and oxygen atoms in total. The normalized spacial score (nSPS) is 24.5. The zero-order valence-corrected chi connectivity index (χ0v) is 11.0. The maximum Gasteiger partial charge on any atom is 0.152 e. The molecule has 1 heteroatoms. The van der Waals surface area contributed by atoms with Crippen molar-refractivity contribution in [2.45, 2.75) is 53.4 Å². The Morgan fingerprint density at radius 1 is 1.56 bits per heavy atom. The predicted molar refractivity (Wildman–Crippen MR) is 69.3 cm³/mol. The van der Waals surface area contributed by atoms with Gasteiger partial charge in [-0.05, 0) is 37.7 Å². The summed E-state index contributed by atoms with van der Waals surface area (Å²) in [6.45, 7) is 8.46. The van der Waals surface area contributed by atoms with Gasteiger partial charge in [0.2, 0.25) is 0 Å². The third-order valence-electron chi connectivity index (χ3n) is 3.50. The number of carbonyl (C=O) groups excluding carboxylic acids is 1. The molecule has 1 atom stereocenters. The molecule has 0 spiro atoms. The van der Waals surface area contributed by atoms with Crippen LogP contribution in [-0.2, 0) is 4.79 Å². The van der Waals surface area contributed by atoms with Gasteiger partial charge in [-0.2, -0.15) is 0 Å². The number of ketones is 1. The van der Waals surface area contributed by atoms with Gasteiger partial charge in [0, 0.05) is 5.92 Å². The van der Waals surface area contributed by atoms with Crippen molar-refractivity contribution >= 4 is 5.78 Å². The van der Waals surface area contributed by atoms with Crippen molar-refractivity contribution in [3.63, 3.8) is 0 Å². The molecule has 0 saturated carbocycles. The van der Waals surface area contributed by atoms with E-state index in [0.29, 0.717) is 11.3 Å². The molecule has 0 unspecified atom stereocenters. The Morgan fingerprint density at radius 2 is 2.25 bits per heavy atom. The van der Waals surface area contributed by atoms with Crippen LogP contribution in [-0.4, -0.2) is 5.78 Å². The second-order valence-corrected chi connectivity index (χ2v) is 5.50. The first-order valence-corrected chi connectivity index (χ1v) is 6.35. The fraction of sp³-hybridized carbons (Fsp3) is 0.667. The number of hydrogen-bond donors (Lipinski definition) is 0. The zero-order chi connectivity index (χ0) is 12.2. The lowest BCUT2D eigenvalue weighted by atomic mass is 9.67. The SMILES string of the molecule is CCCC1=CCCC(C)(C)[C@@H]1/C=C/C(C)=O. The number of carbonyl (C=O) groups is 1. The Balaban J connectivity index is 2.90. The van der Waals surface area contributed by atoms with Crippen LogP contribution in [0.1, 0.15) is 53.4 Å². The van der Waals surface area contributed by atoms with Gasteiger partial charge in [0.15, 0.2) is 5.78 Å². The molecule has 0 saturated heterocycles. The molecule has 1 aliphatic rings. The summed E-state index contributed by atoms with van der Waals surface area (Å²) < 4.78 is 0. The lowest BCUT2D eigenvalue weighted by molar-refractivity contribution is -0.112. The van der Waals surface area contributed by atoms with E-state index in [1.165, 1.54) is 24.8 Å². The summed E-state index contributed by atoms with van der Waals surface area (Å²) in [5.41, 5.74) is 1.82. The summed E-state index contributed by atoms with van der Waals surface area (Å²) in [5, 5.41) is 0. The quantitative estimate of drug-likeness (QED) is 0.510. The Labute approximate surface area is 99.6 Å². The van der Waals surface area contributed by atoms with Crippen molar-refractivity contribution in [2.24, 2.45) is 11.3 Å². The van der Waals surface area contributed by atoms with Gasteiger partial charge in [0.1, 0.15) is 0 Å². The smallest absolute Gasteiger partial charge is 0.152 e. The molecule has 1 aliphatic carbocycles. The molecule has 0 N–H and O–H groups in total. The highest BCUT2D eigenvalue weighted by Gasteiger charge is 2.32. The van der Waals surface area contributed by atoms with Gasteiger partial charge in [0.05, 0.1) is 0 Å². The van der Waals surface area contributed by atoms with Gasteiger partial charge in [-0.25, -0.2) is 0 Å². The summed E-state index contributed by atoms with van der Waals surface area (Å²) >= 11 is 0. The Hall–Kier alpha value is -0.850. The van der Waals surface area contributed by atoms with E-state index in [4.69, 9.17) is 0 Å². The summed E-state index contributed by atoms with van der Waals surface area (Å²) in [6.07, 6.45) is 11.0. The van der Waals surface area contributed by atoms with Crippen LogP contribution in [0.25, 0.3) is 0 Å². The van der Waals surface area contributed by atoms with Crippen molar-refractivity contribution in [2.75, 3.05) is 0 Å². The van der Waals surface area contributed by atoms with Crippen LogP contribution in [0.2, 0.25) is 0 Å². The molecular formula is C15H24O. The van der Waals surface area contributed by atoms with Gasteiger partial charge < -0.3 is 0 Å². The van der Waals surface area contributed by atoms with Crippen molar-refractivity contribution in [1.29, 1.82) is 0 Å². The molecule has 0 fully saturated rings. The second kappa shape index (κ2) is 5.47. The van der Waals surface area contributed by atoms with Gasteiger partial charge >= 0.3 is 0 Å². The van der Waals surface area contributed by atoms with Crippen LogP contribution < -0.4 is 0 Å². The van der Waals surface area contributed by atoms with Crippen molar-refractivity contribution in [1.82, 2.24) is 0 Å². The van der Waals surface area contributed by atoms with Crippen LogP contribution in [0.3, 0.4) is 0 Å². The third kappa shape index (κ3) is 3.33. The molecule has 0 aromatic rings. The minimum atomic E-state index is 0.150.